The summed E-state index contributed by atoms with van der Waals surface area (Å²) < 4.78 is 4.71. The lowest BCUT2D eigenvalue weighted by atomic mass is 9.99. The zero-order chi connectivity index (χ0) is 10.0. The largest absolute Gasteiger partial charge is 0.394 e. The van der Waals surface area contributed by atoms with Crippen molar-refractivity contribution in [2.75, 3.05) is 6.61 Å². The molecule has 7 heteroatoms. The van der Waals surface area contributed by atoms with Crippen molar-refractivity contribution in [3.63, 3.8) is 0 Å². The van der Waals surface area contributed by atoms with Gasteiger partial charge in [-0.1, -0.05) is 0 Å². The van der Waals surface area contributed by atoms with Crippen molar-refractivity contribution in [3.8, 4) is 0 Å². The standard InChI is InChI=1S/C6H13NO6/c7-13-5-4(10)3(9)2(1-8)12-6(5)11/h2-6,8-11H,1,7H2/t2-,3-,4+,5-,6+/m1/s1. The maximum atomic E-state index is 9.30. The van der Waals surface area contributed by atoms with Gasteiger partial charge in [-0.2, -0.15) is 0 Å². The summed E-state index contributed by atoms with van der Waals surface area (Å²) in [5.74, 6) is 4.76. The molecule has 1 heterocycles. The summed E-state index contributed by atoms with van der Waals surface area (Å²) in [5, 5.41) is 36.4. The molecule has 0 unspecified atom stereocenters. The summed E-state index contributed by atoms with van der Waals surface area (Å²) in [5.41, 5.74) is 0. The number of nitrogens with two attached hydrogens (primary N) is 1. The summed E-state index contributed by atoms with van der Waals surface area (Å²) in [6, 6.07) is 0. The molecule has 1 fully saturated rings. The Bertz CT molecular complexity index is 167. The lowest BCUT2D eigenvalue weighted by Crippen LogP contribution is -2.59. The fraction of sp³-hybridized carbons (Fsp3) is 1.00. The Balaban J connectivity index is 2.66. The molecule has 1 rings (SSSR count). The van der Waals surface area contributed by atoms with Gasteiger partial charge < -0.3 is 25.2 Å². The smallest absolute Gasteiger partial charge is 0.186 e. The van der Waals surface area contributed by atoms with Gasteiger partial charge in [0.2, 0.25) is 0 Å². The zero-order valence-electron chi connectivity index (χ0n) is 6.78. The van der Waals surface area contributed by atoms with Gasteiger partial charge in [0.25, 0.3) is 0 Å². The highest BCUT2D eigenvalue weighted by atomic mass is 16.7. The minimum atomic E-state index is -1.46. The first-order chi connectivity index (χ1) is 6.11. The molecule has 0 aliphatic carbocycles. The second kappa shape index (κ2) is 4.29. The van der Waals surface area contributed by atoms with E-state index >= 15 is 0 Å². The first-order valence-corrected chi connectivity index (χ1v) is 3.78. The molecule has 7 nitrogen and oxygen atoms in total. The van der Waals surface area contributed by atoms with Crippen LogP contribution in [0, 0.1) is 0 Å². The first kappa shape index (κ1) is 10.8. The van der Waals surface area contributed by atoms with E-state index in [2.05, 4.69) is 4.84 Å². The molecule has 13 heavy (non-hydrogen) atoms. The molecular formula is C6H13NO6. The monoisotopic (exact) mass is 195 g/mol. The number of ether oxygens (including phenoxy) is 1. The van der Waals surface area contributed by atoms with Crippen molar-refractivity contribution in [1.82, 2.24) is 0 Å². The van der Waals surface area contributed by atoms with Gasteiger partial charge in [-0.3, -0.25) is 4.84 Å². The van der Waals surface area contributed by atoms with Gasteiger partial charge in [-0.15, -0.1) is 0 Å². The van der Waals surface area contributed by atoms with Crippen LogP contribution < -0.4 is 5.90 Å². The minimum Gasteiger partial charge on any atom is -0.394 e. The molecule has 0 aromatic heterocycles. The summed E-state index contributed by atoms with van der Waals surface area (Å²) >= 11 is 0. The van der Waals surface area contributed by atoms with Crippen molar-refractivity contribution >= 4 is 0 Å². The van der Waals surface area contributed by atoms with Crippen molar-refractivity contribution in [2.45, 2.75) is 30.7 Å². The van der Waals surface area contributed by atoms with E-state index in [0.29, 0.717) is 0 Å². The molecule has 1 aliphatic heterocycles. The lowest BCUT2D eigenvalue weighted by molar-refractivity contribution is -0.297. The van der Waals surface area contributed by atoms with Crippen molar-refractivity contribution in [2.24, 2.45) is 5.90 Å². The fourth-order valence-corrected chi connectivity index (χ4v) is 1.22. The van der Waals surface area contributed by atoms with E-state index in [1.807, 2.05) is 0 Å². The molecule has 0 spiro atoms. The highest BCUT2D eigenvalue weighted by Crippen LogP contribution is 2.20. The number of aliphatic hydroxyl groups is 4. The van der Waals surface area contributed by atoms with E-state index in [1.165, 1.54) is 0 Å². The average Bonchev–Trinajstić information content (AvgIpc) is 2.12. The van der Waals surface area contributed by atoms with Crippen molar-refractivity contribution in [3.05, 3.63) is 0 Å². The van der Waals surface area contributed by atoms with E-state index in [9.17, 15) is 10.2 Å². The number of aliphatic hydroxyl groups excluding tert-OH is 4. The SMILES string of the molecule is NO[C@@H]1[C@@H](O)[C@H](O)[C@@H](CO)O[C@@H]1O. The molecule has 0 radical (unpaired) electrons. The third-order valence-electron chi connectivity index (χ3n) is 2.00. The topological polar surface area (TPSA) is 125 Å². The normalized spacial score (nSPS) is 46.4. The highest BCUT2D eigenvalue weighted by molar-refractivity contribution is 4.88. The summed E-state index contributed by atoms with van der Waals surface area (Å²) in [6.07, 6.45) is -6.41. The third kappa shape index (κ3) is 1.97. The quantitative estimate of drug-likeness (QED) is 0.292. The van der Waals surface area contributed by atoms with E-state index in [4.69, 9.17) is 20.8 Å². The lowest BCUT2D eigenvalue weighted by Gasteiger charge is -2.38. The Labute approximate surface area is 74.3 Å². The van der Waals surface area contributed by atoms with Gasteiger partial charge in [-0.25, -0.2) is 5.90 Å². The average molecular weight is 195 g/mol. The predicted molar refractivity (Wildman–Crippen MR) is 39.0 cm³/mol. The minimum absolute atomic E-state index is 0.507. The third-order valence-corrected chi connectivity index (χ3v) is 2.00. The molecule has 1 saturated heterocycles. The van der Waals surface area contributed by atoms with Gasteiger partial charge >= 0.3 is 0 Å². The molecule has 0 aromatic rings. The summed E-state index contributed by atoms with van der Waals surface area (Å²) in [6.45, 7) is -0.507. The number of hydrogen-bond donors (Lipinski definition) is 5. The number of rotatable bonds is 2. The molecule has 0 bridgehead atoms. The van der Waals surface area contributed by atoms with E-state index in [1.54, 1.807) is 0 Å². The van der Waals surface area contributed by atoms with Gasteiger partial charge in [0, 0.05) is 0 Å². The van der Waals surface area contributed by atoms with E-state index < -0.39 is 37.3 Å². The second-order valence-electron chi connectivity index (χ2n) is 2.83. The van der Waals surface area contributed by atoms with Gasteiger partial charge in [-0.05, 0) is 0 Å². The van der Waals surface area contributed by atoms with Gasteiger partial charge in [0.05, 0.1) is 6.61 Å². The Morgan fingerprint density at radius 1 is 1.23 bits per heavy atom. The number of hydrogen-bond acceptors (Lipinski definition) is 7. The van der Waals surface area contributed by atoms with E-state index in [-0.39, 0.29) is 0 Å². The zero-order valence-corrected chi connectivity index (χ0v) is 6.78. The van der Waals surface area contributed by atoms with Crippen LogP contribution in [-0.4, -0.2) is 57.7 Å². The summed E-state index contributed by atoms with van der Waals surface area (Å²) in [4.78, 5) is 4.21. The molecule has 0 saturated carbocycles. The summed E-state index contributed by atoms with van der Waals surface area (Å²) in [7, 11) is 0. The molecular weight excluding hydrogens is 182 g/mol. The molecule has 5 atom stereocenters. The van der Waals surface area contributed by atoms with Crippen LogP contribution in [0.5, 0.6) is 0 Å². The fourth-order valence-electron chi connectivity index (χ4n) is 1.22. The Morgan fingerprint density at radius 3 is 2.31 bits per heavy atom. The van der Waals surface area contributed by atoms with Gasteiger partial charge in [0.1, 0.15) is 18.3 Å². The van der Waals surface area contributed by atoms with Crippen LogP contribution in [-0.2, 0) is 9.57 Å². The van der Waals surface area contributed by atoms with Crippen LogP contribution in [0.1, 0.15) is 0 Å². The maximum Gasteiger partial charge on any atom is 0.186 e. The van der Waals surface area contributed by atoms with Crippen LogP contribution in [0.15, 0.2) is 0 Å². The van der Waals surface area contributed by atoms with Gasteiger partial charge in [0.15, 0.2) is 12.4 Å². The predicted octanol–water partition coefficient (Wildman–Crippen LogP) is -3.32. The van der Waals surface area contributed by atoms with Crippen LogP contribution in [0.3, 0.4) is 0 Å². The highest BCUT2D eigenvalue weighted by Gasteiger charge is 2.44. The van der Waals surface area contributed by atoms with Crippen LogP contribution >= 0.6 is 0 Å². The van der Waals surface area contributed by atoms with Crippen molar-refractivity contribution in [1.29, 1.82) is 0 Å². The molecule has 78 valence electrons. The molecule has 1 aliphatic rings. The van der Waals surface area contributed by atoms with Crippen LogP contribution in [0.2, 0.25) is 0 Å². The Morgan fingerprint density at radius 2 is 1.85 bits per heavy atom. The molecule has 0 amide bonds. The van der Waals surface area contributed by atoms with Crippen LogP contribution in [0.4, 0.5) is 0 Å². The molecule has 0 aromatic carbocycles. The maximum absolute atomic E-state index is 9.30. The Hall–Kier alpha value is -0.280. The second-order valence-corrected chi connectivity index (χ2v) is 2.83. The van der Waals surface area contributed by atoms with Crippen molar-refractivity contribution < 1.29 is 30.0 Å². The van der Waals surface area contributed by atoms with E-state index in [0.717, 1.165) is 0 Å². The first-order valence-electron chi connectivity index (χ1n) is 3.78. The Kier molecular flexibility index (Phi) is 3.56. The van der Waals surface area contributed by atoms with Crippen LogP contribution in [0.25, 0.3) is 0 Å². The molecule has 6 N–H and O–H groups in total.